The summed E-state index contributed by atoms with van der Waals surface area (Å²) in [6.07, 6.45) is 13.2. The number of ether oxygens (including phenoxy) is 3. The van der Waals surface area contributed by atoms with Crippen molar-refractivity contribution >= 4 is 17.9 Å². The van der Waals surface area contributed by atoms with E-state index >= 15 is 0 Å². The Bertz CT molecular complexity index is 589. The van der Waals surface area contributed by atoms with Gasteiger partial charge in [-0.05, 0) is 12.8 Å². The molecule has 2 unspecified atom stereocenters. The molecule has 0 rings (SSSR count). The van der Waals surface area contributed by atoms with Crippen molar-refractivity contribution in [2.45, 2.75) is 122 Å². The highest BCUT2D eigenvalue weighted by Crippen LogP contribution is 2.11. The second-order valence-electron chi connectivity index (χ2n) is 10.6. The van der Waals surface area contributed by atoms with Crippen molar-refractivity contribution < 1.29 is 38.2 Å². The van der Waals surface area contributed by atoms with Crippen LogP contribution in [0.5, 0.6) is 0 Å². The minimum atomic E-state index is -1.13. The Hall–Kier alpha value is -1.67. The fourth-order valence-corrected chi connectivity index (χ4v) is 3.95. The summed E-state index contributed by atoms with van der Waals surface area (Å²) < 4.78 is 16.8. The zero-order valence-corrected chi connectivity index (χ0v) is 23.7. The number of esters is 2. The van der Waals surface area contributed by atoms with Gasteiger partial charge < -0.3 is 28.6 Å². The lowest BCUT2D eigenvalue weighted by atomic mass is 10.1. The van der Waals surface area contributed by atoms with Gasteiger partial charge in [-0.3, -0.25) is 9.59 Å². The van der Waals surface area contributed by atoms with Crippen LogP contribution in [-0.4, -0.2) is 75.5 Å². The molecule has 8 nitrogen and oxygen atoms in total. The Morgan fingerprint density at radius 3 is 1.72 bits per heavy atom. The van der Waals surface area contributed by atoms with Crippen LogP contribution in [-0.2, 0) is 28.6 Å². The molecule has 2 atom stereocenters. The van der Waals surface area contributed by atoms with Gasteiger partial charge in [-0.2, -0.15) is 0 Å². The highest BCUT2D eigenvalue weighted by Gasteiger charge is 2.25. The molecule has 0 radical (unpaired) electrons. The summed E-state index contributed by atoms with van der Waals surface area (Å²) in [6.45, 7) is 4.49. The van der Waals surface area contributed by atoms with Crippen LogP contribution in [0.1, 0.15) is 110 Å². The number of aliphatic carboxylic acids is 1. The van der Waals surface area contributed by atoms with E-state index in [0.29, 0.717) is 12.8 Å². The monoisotopic (exact) mass is 515 g/mol. The summed E-state index contributed by atoms with van der Waals surface area (Å²) in [5, 5.41) is 11.4. The highest BCUT2D eigenvalue weighted by atomic mass is 16.6. The van der Waals surface area contributed by atoms with Crippen LogP contribution in [0.3, 0.4) is 0 Å². The maximum absolute atomic E-state index is 12.4. The minimum Gasteiger partial charge on any atom is -0.544 e. The maximum Gasteiger partial charge on any atom is 0.306 e. The molecule has 0 spiro atoms. The molecule has 0 N–H and O–H groups in total. The second-order valence-corrected chi connectivity index (χ2v) is 10.6. The molecule has 8 heteroatoms. The molecule has 212 valence electrons. The van der Waals surface area contributed by atoms with Gasteiger partial charge in [0.25, 0.3) is 0 Å². The first-order chi connectivity index (χ1) is 17.1. The number of carbonyl (C=O) groups is 3. The quantitative estimate of drug-likeness (QED) is 0.108. The van der Waals surface area contributed by atoms with E-state index in [1.807, 2.05) is 0 Å². The molecule has 36 heavy (non-hydrogen) atoms. The number of carbonyl (C=O) groups excluding carboxylic acids is 3. The number of carboxylic acid groups (broad SMARTS) is 1. The van der Waals surface area contributed by atoms with Crippen LogP contribution in [0, 0.1) is 0 Å². The number of hydrogen-bond donors (Lipinski definition) is 0. The van der Waals surface area contributed by atoms with Crippen LogP contribution in [0.4, 0.5) is 0 Å². The molecule has 0 amide bonds. The lowest BCUT2D eigenvalue weighted by Gasteiger charge is -2.34. The number of hydrogen-bond acceptors (Lipinski definition) is 7. The second kappa shape index (κ2) is 21.4. The highest BCUT2D eigenvalue weighted by molar-refractivity contribution is 5.70. The largest absolute Gasteiger partial charge is 0.544 e. The van der Waals surface area contributed by atoms with Gasteiger partial charge >= 0.3 is 11.9 Å². The van der Waals surface area contributed by atoms with Crippen molar-refractivity contribution in [2.75, 3.05) is 41.0 Å². The minimum absolute atomic E-state index is 0.0451. The zero-order valence-electron chi connectivity index (χ0n) is 23.7. The molecule has 0 aromatic heterocycles. The van der Waals surface area contributed by atoms with E-state index in [2.05, 4.69) is 13.8 Å². The number of rotatable bonds is 24. The van der Waals surface area contributed by atoms with E-state index in [1.54, 1.807) is 21.1 Å². The van der Waals surface area contributed by atoms with Crippen molar-refractivity contribution in [3.8, 4) is 0 Å². The lowest BCUT2D eigenvalue weighted by molar-refractivity contribution is -0.889. The molecular formula is C28H53NO7. The van der Waals surface area contributed by atoms with Crippen LogP contribution in [0.15, 0.2) is 0 Å². The Morgan fingerprint density at radius 2 is 1.22 bits per heavy atom. The lowest BCUT2D eigenvalue weighted by Crippen LogP contribution is -2.55. The van der Waals surface area contributed by atoms with E-state index < -0.39 is 18.1 Å². The van der Waals surface area contributed by atoms with E-state index in [9.17, 15) is 19.5 Å². The Morgan fingerprint density at radius 1 is 0.722 bits per heavy atom. The van der Waals surface area contributed by atoms with Crippen LogP contribution < -0.4 is 5.11 Å². The molecule has 0 aliphatic carbocycles. The molecule has 0 aromatic carbocycles. The average molecular weight is 516 g/mol. The number of nitrogens with zero attached hydrogens (tertiary/aromatic N) is 1. The number of quaternary nitrogens is 1. The van der Waals surface area contributed by atoms with Crippen molar-refractivity contribution in [3.05, 3.63) is 0 Å². The van der Waals surface area contributed by atoms with Gasteiger partial charge in [0.1, 0.15) is 12.6 Å². The Labute approximate surface area is 219 Å². The topological polar surface area (TPSA) is 102 Å². The Balaban J connectivity index is 4.56. The molecule has 0 aromatic rings. The van der Waals surface area contributed by atoms with E-state index in [1.165, 1.54) is 25.7 Å². The zero-order chi connectivity index (χ0) is 27.2. The van der Waals surface area contributed by atoms with Gasteiger partial charge in [0.2, 0.25) is 0 Å². The SMILES string of the molecule is CCCCCCCCCC(=O)OC(COCCC(C(=O)[O-])[N+](C)(C)C)COC(=O)CCCCCCC. The molecule has 0 aliphatic heterocycles. The first kappa shape index (κ1) is 34.3. The van der Waals surface area contributed by atoms with Crippen LogP contribution in [0.2, 0.25) is 0 Å². The van der Waals surface area contributed by atoms with Gasteiger partial charge in [0, 0.05) is 19.3 Å². The average Bonchev–Trinajstić information content (AvgIpc) is 2.80. The van der Waals surface area contributed by atoms with Crippen molar-refractivity contribution in [2.24, 2.45) is 0 Å². The molecular weight excluding hydrogens is 462 g/mol. The molecule has 0 saturated carbocycles. The molecule has 0 bridgehead atoms. The fraction of sp³-hybridized carbons (Fsp3) is 0.893. The number of likely N-dealkylation sites (N-methyl/N-ethyl adjacent to an activating group) is 1. The summed E-state index contributed by atoms with van der Waals surface area (Å²) in [7, 11) is 5.36. The van der Waals surface area contributed by atoms with Crippen LogP contribution in [0.25, 0.3) is 0 Å². The summed E-state index contributed by atoms with van der Waals surface area (Å²) in [5.41, 5.74) is 0. The van der Waals surface area contributed by atoms with Gasteiger partial charge in [0.15, 0.2) is 6.10 Å². The van der Waals surface area contributed by atoms with E-state index in [4.69, 9.17) is 14.2 Å². The third kappa shape index (κ3) is 19.5. The summed E-state index contributed by atoms with van der Waals surface area (Å²) in [5.74, 6) is -1.76. The van der Waals surface area contributed by atoms with Gasteiger partial charge in [-0.15, -0.1) is 0 Å². The van der Waals surface area contributed by atoms with E-state index in [0.717, 1.165) is 51.4 Å². The smallest absolute Gasteiger partial charge is 0.306 e. The molecule has 0 fully saturated rings. The maximum atomic E-state index is 12.4. The van der Waals surface area contributed by atoms with E-state index in [-0.39, 0.29) is 42.7 Å². The third-order valence-electron chi connectivity index (χ3n) is 6.24. The predicted molar refractivity (Wildman–Crippen MR) is 139 cm³/mol. The summed E-state index contributed by atoms with van der Waals surface area (Å²) >= 11 is 0. The van der Waals surface area contributed by atoms with Crippen molar-refractivity contribution in [1.82, 2.24) is 0 Å². The van der Waals surface area contributed by atoms with Crippen LogP contribution >= 0.6 is 0 Å². The fourth-order valence-electron chi connectivity index (χ4n) is 3.95. The summed E-state index contributed by atoms with van der Waals surface area (Å²) in [4.78, 5) is 35.9. The Kier molecular flexibility index (Phi) is 20.4. The first-order valence-electron chi connectivity index (χ1n) is 14.1. The molecule has 0 heterocycles. The third-order valence-corrected chi connectivity index (χ3v) is 6.24. The molecule has 0 aliphatic rings. The normalized spacial score (nSPS) is 13.2. The molecule has 0 saturated heterocycles. The summed E-state index contributed by atoms with van der Waals surface area (Å²) in [6, 6.07) is -0.714. The van der Waals surface area contributed by atoms with Gasteiger partial charge in [0.05, 0.1) is 40.3 Å². The number of unbranched alkanes of at least 4 members (excludes halogenated alkanes) is 10. The predicted octanol–water partition coefficient (Wildman–Crippen LogP) is 4.17. The first-order valence-corrected chi connectivity index (χ1v) is 14.1. The standard InChI is InChI=1S/C28H53NO7/c1-6-8-10-12-13-15-17-19-27(31)36-24(23-35-26(30)18-16-14-11-9-7-2)22-34-21-20-25(28(32)33)29(3,4)5/h24-25H,6-23H2,1-5H3. The van der Waals surface area contributed by atoms with Crippen molar-refractivity contribution in [1.29, 1.82) is 0 Å². The van der Waals surface area contributed by atoms with Gasteiger partial charge in [-0.25, -0.2) is 0 Å². The van der Waals surface area contributed by atoms with Crippen molar-refractivity contribution in [3.63, 3.8) is 0 Å². The number of carboxylic acids is 1. The van der Waals surface area contributed by atoms with Gasteiger partial charge in [-0.1, -0.05) is 78.1 Å².